The topological polar surface area (TPSA) is 102 Å². The van der Waals surface area contributed by atoms with Crippen molar-refractivity contribution in [3.05, 3.63) is 0 Å². The third-order valence-electron chi connectivity index (χ3n) is 1.72. The molecule has 1 unspecified atom stereocenters. The predicted octanol–water partition coefficient (Wildman–Crippen LogP) is -1.63. The van der Waals surface area contributed by atoms with Crippen LogP contribution in [0.2, 0.25) is 0 Å². The number of carbonyl (C=O) groups excluding carboxylic acids is 2. The molecule has 0 rings (SSSR count). The van der Waals surface area contributed by atoms with Crippen LogP contribution in [0.5, 0.6) is 0 Å². The van der Waals surface area contributed by atoms with Crippen LogP contribution in [0.3, 0.4) is 0 Å². The average Bonchev–Trinajstić information content (AvgIpc) is 2.22. The number of aliphatic hydroxyl groups is 1. The lowest BCUT2D eigenvalue weighted by Crippen LogP contribution is -2.44. The lowest BCUT2D eigenvalue weighted by molar-refractivity contribution is -0.150. The highest BCUT2D eigenvalue weighted by molar-refractivity contribution is 5.82. The van der Waals surface area contributed by atoms with E-state index in [1.54, 1.807) is 6.92 Å². The highest BCUT2D eigenvalue weighted by Gasteiger charge is 2.17. The van der Waals surface area contributed by atoms with Gasteiger partial charge in [-0.1, -0.05) is 6.92 Å². The maximum atomic E-state index is 11.1. The van der Waals surface area contributed by atoms with Gasteiger partial charge < -0.3 is 20.9 Å². The molecule has 0 fully saturated rings. The number of hydrogen-bond donors (Lipinski definition) is 3. The van der Waals surface area contributed by atoms with E-state index in [1.165, 1.54) is 0 Å². The van der Waals surface area contributed by atoms with Gasteiger partial charge in [-0.25, -0.2) is 4.79 Å². The highest BCUT2D eigenvalue weighted by Crippen LogP contribution is 1.88. The van der Waals surface area contributed by atoms with E-state index in [-0.39, 0.29) is 6.54 Å². The molecule has 0 bridgehead atoms. The van der Waals surface area contributed by atoms with Gasteiger partial charge in [0.15, 0.2) is 6.10 Å². The van der Waals surface area contributed by atoms with Crippen molar-refractivity contribution in [2.75, 3.05) is 13.7 Å². The fraction of sp³-hybridized carbons (Fsp3) is 0.750. The molecule has 0 aromatic rings. The summed E-state index contributed by atoms with van der Waals surface area (Å²) < 4.78 is 4.26. The molecule has 2 atom stereocenters. The summed E-state index contributed by atoms with van der Waals surface area (Å²) in [7, 11) is 1.16. The minimum Gasteiger partial charge on any atom is -0.467 e. The maximum absolute atomic E-state index is 11.1. The Hall–Kier alpha value is -1.14. The zero-order valence-electron chi connectivity index (χ0n) is 8.32. The fourth-order valence-corrected chi connectivity index (χ4v) is 0.733. The van der Waals surface area contributed by atoms with Crippen LogP contribution >= 0.6 is 0 Å². The number of carbonyl (C=O) groups is 2. The number of nitrogens with one attached hydrogen (secondary N) is 1. The Labute approximate surface area is 82.4 Å². The number of aliphatic hydroxyl groups excluding tert-OH is 1. The van der Waals surface area contributed by atoms with Crippen LogP contribution in [0.4, 0.5) is 0 Å². The van der Waals surface area contributed by atoms with Crippen molar-refractivity contribution in [1.82, 2.24) is 5.32 Å². The van der Waals surface area contributed by atoms with E-state index < -0.39 is 24.0 Å². The number of ether oxygens (including phenoxy) is 1. The lowest BCUT2D eigenvalue weighted by Gasteiger charge is -2.12. The molecule has 6 heteroatoms. The SMILES string of the molecule is CC[C@@H](N)C(=O)NCC(O)C(=O)OC. The van der Waals surface area contributed by atoms with Gasteiger partial charge in [0, 0.05) is 0 Å². The molecule has 6 nitrogen and oxygen atoms in total. The molecular weight excluding hydrogens is 188 g/mol. The molecule has 0 radical (unpaired) electrons. The van der Waals surface area contributed by atoms with Crippen LogP contribution < -0.4 is 11.1 Å². The molecule has 0 aliphatic heterocycles. The van der Waals surface area contributed by atoms with Crippen molar-refractivity contribution in [2.45, 2.75) is 25.5 Å². The molecule has 0 saturated carbocycles. The van der Waals surface area contributed by atoms with E-state index in [2.05, 4.69) is 10.1 Å². The second-order valence-electron chi connectivity index (χ2n) is 2.80. The Kier molecular flexibility index (Phi) is 5.82. The van der Waals surface area contributed by atoms with Crippen molar-refractivity contribution >= 4 is 11.9 Å². The van der Waals surface area contributed by atoms with Crippen molar-refractivity contribution in [3.8, 4) is 0 Å². The Morgan fingerprint density at radius 1 is 1.57 bits per heavy atom. The van der Waals surface area contributed by atoms with Crippen molar-refractivity contribution < 1.29 is 19.4 Å². The molecule has 82 valence electrons. The number of hydrogen-bond acceptors (Lipinski definition) is 5. The largest absolute Gasteiger partial charge is 0.467 e. The first-order valence-corrected chi connectivity index (χ1v) is 4.32. The van der Waals surface area contributed by atoms with Crippen LogP contribution in [0.1, 0.15) is 13.3 Å². The standard InChI is InChI=1S/C8H16N2O4/c1-3-5(9)7(12)10-4-6(11)8(13)14-2/h5-6,11H,3-4,9H2,1-2H3,(H,10,12)/t5-,6?/m1/s1. The van der Waals surface area contributed by atoms with E-state index in [0.717, 1.165) is 7.11 Å². The van der Waals surface area contributed by atoms with Crippen LogP contribution in [-0.4, -0.2) is 42.8 Å². The van der Waals surface area contributed by atoms with E-state index in [1.807, 2.05) is 0 Å². The van der Waals surface area contributed by atoms with Gasteiger partial charge in [0.2, 0.25) is 5.91 Å². The third kappa shape index (κ3) is 4.20. The van der Waals surface area contributed by atoms with Crippen LogP contribution in [-0.2, 0) is 14.3 Å². The molecule has 0 heterocycles. The quantitative estimate of drug-likeness (QED) is 0.467. The minimum atomic E-state index is -1.34. The number of esters is 1. The Morgan fingerprint density at radius 2 is 2.14 bits per heavy atom. The number of rotatable bonds is 5. The number of amides is 1. The number of methoxy groups -OCH3 is 1. The van der Waals surface area contributed by atoms with Gasteiger partial charge in [-0.05, 0) is 6.42 Å². The van der Waals surface area contributed by atoms with Gasteiger partial charge in [-0.3, -0.25) is 4.79 Å². The van der Waals surface area contributed by atoms with Gasteiger partial charge in [0.1, 0.15) is 0 Å². The normalized spacial score (nSPS) is 14.3. The molecule has 0 aliphatic rings. The molecule has 1 amide bonds. The smallest absolute Gasteiger partial charge is 0.336 e. The maximum Gasteiger partial charge on any atom is 0.336 e. The molecular formula is C8H16N2O4. The lowest BCUT2D eigenvalue weighted by atomic mass is 10.2. The van der Waals surface area contributed by atoms with Gasteiger partial charge >= 0.3 is 5.97 Å². The predicted molar refractivity (Wildman–Crippen MR) is 49.3 cm³/mol. The third-order valence-corrected chi connectivity index (χ3v) is 1.72. The second-order valence-corrected chi connectivity index (χ2v) is 2.80. The fourth-order valence-electron chi connectivity index (χ4n) is 0.733. The Bertz CT molecular complexity index is 208. The van der Waals surface area contributed by atoms with Gasteiger partial charge in [0.25, 0.3) is 0 Å². The summed E-state index contributed by atoms with van der Waals surface area (Å²) in [4.78, 5) is 21.8. The van der Waals surface area contributed by atoms with Crippen LogP contribution in [0.25, 0.3) is 0 Å². The van der Waals surface area contributed by atoms with Crippen LogP contribution in [0, 0.1) is 0 Å². The molecule has 14 heavy (non-hydrogen) atoms. The summed E-state index contributed by atoms with van der Waals surface area (Å²) in [6.07, 6.45) is -0.840. The first kappa shape index (κ1) is 12.9. The summed E-state index contributed by atoms with van der Waals surface area (Å²) in [6, 6.07) is -0.611. The molecule has 4 N–H and O–H groups in total. The van der Waals surface area contributed by atoms with E-state index in [0.29, 0.717) is 6.42 Å². The minimum absolute atomic E-state index is 0.181. The summed E-state index contributed by atoms with van der Waals surface area (Å²) in [6.45, 7) is 1.58. The highest BCUT2D eigenvalue weighted by atomic mass is 16.5. The van der Waals surface area contributed by atoms with Gasteiger partial charge in [0.05, 0.1) is 19.7 Å². The monoisotopic (exact) mass is 204 g/mol. The molecule has 0 spiro atoms. The molecule has 0 aromatic carbocycles. The molecule has 0 saturated heterocycles. The second kappa shape index (κ2) is 6.33. The first-order valence-electron chi connectivity index (χ1n) is 4.32. The van der Waals surface area contributed by atoms with Gasteiger partial charge in [-0.15, -0.1) is 0 Å². The summed E-state index contributed by atoms with van der Waals surface area (Å²) >= 11 is 0. The summed E-state index contributed by atoms with van der Waals surface area (Å²) in [5.41, 5.74) is 5.40. The van der Waals surface area contributed by atoms with Crippen LogP contribution in [0.15, 0.2) is 0 Å². The van der Waals surface area contributed by atoms with E-state index in [4.69, 9.17) is 10.8 Å². The number of nitrogens with two attached hydrogens (primary N) is 1. The summed E-state index contributed by atoms with van der Waals surface area (Å²) in [5.74, 6) is -1.18. The van der Waals surface area contributed by atoms with E-state index in [9.17, 15) is 9.59 Å². The molecule has 0 aliphatic carbocycles. The zero-order chi connectivity index (χ0) is 11.1. The molecule has 0 aromatic heterocycles. The van der Waals surface area contributed by atoms with Crippen molar-refractivity contribution in [2.24, 2.45) is 5.73 Å². The van der Waals surface area contributed by atoms with Crippen molar-refractivity contribution in [1.29, 1.82) is 0 Å². The Morgan fingerprint density at radius 3 is 2.57 bits per heavy atom. The van der Waals surface area contributed by atoms with Gasteiger partial charge in [-0.2, -0.15) is 0 Å². The zero-order valence-corrected chi connectivity index (χ0v) is 8.32. The van der Waals surface area contributed by atoms with Crippen molar-refractivity contribution in [3.63, 3.8) is 0 Å². The van der Waals surface area contributed by atoms with E-state index >= 15 is 0 Å². The summed E-state index contributed by atoms with van der Waals surface area (Å²) in [5, 5.41) is 11.4. The Balaban J connectivity index is 3.82. The first-order chi connectivity index (χ1) is 6.52. The average molecular weight is 204 g/mol.